The third-order valence-electron chi connectivity index (χ3n) is 3.80. The SMILES string of the molecule is C=CCOc1ccc(C=CC(=O)c2ccc3c(c2)OCCO3)cc1OC. The van der Waals surface area contributed by atoms with Crippen molar-refractivity contribution >= 4 is 11.9 Å². The standard InChI is InChI=1S/C21H20O5/c1-3-10-24-18-8-5-15(13-20(18)23-2)4-7-17(22)16-6-9-19-21(14-16)26-12-11-25-19/h3-9,13-14H,1,10-12H2,2H3. The molecule has 2 aromatic carbocycles. The number of hydrogen-bond acceptors (Lipinski definition) is 5. The Hall–Kier alpha value is -3.21. The van der Waals surface area contributed by atoms with E-state index in [2.05, 4.69) is 6.58 Å². The van der Waals surface area contributed by atoms with Gasteiger partial charge < -0.3 is 18.9 Å². The molecule has 134 valence electrons. The molecule has 0 aliphatic carbocycles. The maximum Gasteiger partial charge on any atom is 0.185 e. The molecule has 0 unspecified atom stereocenters. The lowest BCUT2D eigenvalue weighted by atomic mass is 10.1. The van der Waals surface area contributed by atoms with E-state index in [1.165, 1.54) is 6.08 Å². The zero-order chi connectivity index (χ0) is 18.4. The largest absolute Gasteiger partial charge is 0.493 e. The minimum Gasteiger partial charge on any atom is -0.493 e. The van der Waals surface area contributed by atoms with E-state index in [0.29, 0.717) is 48.4 Å². The monoisotopic (exact) mass is 352 g/mol. The molecular formula is C21H20O5. The second-order valence-corrected chi connectivity index (χ2v) is 5.57. The summed E-state index contributed by atoms with van der Waals surface area (Å²) in [5, 5.41) is 0. The first-order valence-corrected chi connectivity index (χ1v) is 8.25. The van der Waals surface area contributed by atoms with Crippen LogP contribution in [0.4, 0.5) is 0 Å². The summed E-state index contributed by atoms with van der Waals surface area (Å²) in [4.78, 5) is 12.4. The topological polar surface area (TPSA) is 54.0 Å². The summed E-state index contributed by atoms with van der Waals surface area (Å²) in [7, 11) is 1.57. The van der Waals surface area contributed by atoms with E-state index >= 15 is 0 Å². The van der Waals surface area contributed by atoms with Gasteiger partial charge in [0.05, 0.1) is 7.11 Å². The van der Waals surface area contributed by atoms with Gasteiger partial charge in [-0.3, -0.25) is 4.79 Å². The molecule has 0 N–H and O–H groups in total. The third-order valence-corrected chi connectivity index (χ3v) is 3.80. The first-order valence-electron chi connectivity index (χ1n) is 8.25. The number of carbonyl (C=O) groups excluding carboxylic acids is 1. The Morgan fingerprint density at radius 3 is 2.69 bits per heavy atom. The van der Waals surface area contributed by atoms with Crippen LogP contribution >= 0.6 is 0 Å². The molecule has 1 heterocycles. The molecule has 5 nitrogen and oxygen atoms in total. The van der Waals surface area contributed by atoms with Crippen molar-refractivity contribution in [1.82, 2.24) is 0 Å². The summed E-state index contributed by atoms with van der Waals surface area (Å²) in [6.07, 6.45) is 4.92. The molecule has 0 amide bonds. The fraction of sp³-hybridized carbons (Fsp3) is 0.190. The van der Waals surface area contributed by atoms with Crippen LogP contribution in [-0.4, -0.2) is 32.7 Å². The summed E-state index contributed by atoms with van der Waals surface area (Å²) < 4.78 is 21.8. The molecule has 0 bridgehead atoms. The van der Waals surface area contributed by atoms with E-state index < -0.39 is 0 Å². The number of methoxy groups -OCH3 is 1. The molecule has 0 saturated heterocycles. The summed E-state index contributed by atoms with van der Waals surface area (Å²) in [5.41, 5.74) is 1.38. The maximum atomic E-state index is 12.4. The molecule has 26 heavy (non-hydrogen) atoms. The van der Waals surface area contributed by atoms with Gasteiger partial charge in [-0.15, -0.1) is 0 Å². The average Bonchev–Trinajstić information content (AvgIpc) is 2.70. The second-order valence-electron chi connectivity index (χ2n) is 5.57. The number of allylic oxidation sites excluding steroid dienone is 1. The zero-order valence-electron chi connectivity index (χ0n) is 14.6. The van der Waals surface area contributed by atoms with Crippen molar-refractivity contribution in [2.75, 3.05) is 26.9 Å². The predicted octanol–water partition coefficient (Wildman–Crippen LogP) is 3.93. The van der Waals surface area contributed by atoms with E-state index in [0.717, 1.165) is 5.56 Å². The van der Waals surface area contributed by atoms with Crippen LogP contribution in [0.1, 0.15) is 15.9 Å². The van der Waals surface area contributed by atoms with Gasteiger partial charge in [0, 0.05) is 5.56 Å². The molecule has 0 saturated carbocycles. The normalized spacial score (nSPS) is 12.7. The van der Waals surface area contributed by atoms with E-state index in [9.17, 15) is 4.79 Å². The molecule has 1 aliphatic rings. The van der Waals surface area contributed by atoms with Crippen molar-refractivity contribution in [3.05, 3.63) is 66.3 Å². The molecule has 0 fully saturated rings. The van der Waals surface area contributed by atoms with Crippen LogP contribution in [0.15, 0.2) is 55.1 Å². The highest BCUT2D eigenvalue weighted by Crippen LogP contribution is 2.31. The van der Waals surface area contributed by atoms with Gasteiger partial charge in [-0.1, -0.05) is 24.8 Å². The van der Waals surface area contributed by atoms with Crippen molar-refractivity contribution in [2.24, 2.45) is 0 Å². The molecule has 2 aromatic rings. The van der Waals surface area contributed by atoms with Gasteiger partial charge in [-0.25, -0.2) is 0 Å². The van der Waals surface area contributed by atoms with Gasteiger partial charge >= 0.3 is 0 Å². The van der Waals surface area contributed by atoms with E-state index in [1.807, 2.05) is 12.1 Å². The average molecular weight is 352 g/mol. The highest BCUT2D eigenvalue weighted by atomic mass is 16.6. The highest BCUT2D eigenvalue weighted by Gasteiger charge is 2.13. The Morgan fingerprint density at radius 2 is 1.92 bits per heavy atom. The van der Waals surface area contributed by atoms with Crippen molar-refractivity contribution in [3.8, 4) is 23.0 Å². The van der Waals surface area contributed by atoms with E-state index in [1.54, 1.807) is 43.5 Å². The number of benzene rings is 2. The summed E-state index contributed by atoms with van der Waals surface area (Å²) in [6, 6.07) is 10.7. The van der Waals surface area contributed by atoms with Crippen LogP contribution in [-0.2, 0) is 0 Å². The Kier molecular flexibility index (Phi) is 5.59. The number of carbonyl (C=O) groups is 1. The fourth-order valence-electron chi connectivity index (χ4n) is 2.52. The molecule has 3 rings (SSSR count). The maximum absolute atomic E-state index is 12.4. The predicted molar refractivity (Wildman–Crippen MR) is 99.5 cm³/mol. The summed E-state index contributed by atoms with van der Waals surface area (Å²) >= 11 is 0. The Morgan fingerprint density at radius 1 is 1.12 bits per heavy atom. The molecule has 0 aromatic heterocycles. The van der Waals surface area contributed by atoms with Crippen molar-refractivity contribution < 1.29 is 23.7 Å². The lowest BCUT2D eigenvalue weighted by molar-refractivity contribution is 0.104. The van der Waals surface area contributed by atoms with Gasteiger partial charge in [0.25, 0.3) is 0 Å². The van der Waals surface area contributed by atoms with Crippen molar-refractivity contribution in [1.29, 1.82) is 0 Å². The number of fused-ring (bicyclic) bond motifs is 1. The van der Waals surface area contributed by atoms with Crippen LogP contribution in [0, 0.1) is 0 Å². The van der Waals surface area contributed by atoms with Gasteiger partial charge in [0.15, 0.2) is 28.8 Å². The quantitative estimate of drug-likeness (QED) is 0.429. The number of rotatable bonds is 7. The van der Waals surface area contributed by atoms with Crippen molar-refractivity contribution in [3.63, 3.8) is 0 Å². The minimum atomic E-state index is -0.118. The number of ketones is 1. The van der Waals surface area contributed by atoms with Crippen molar-refractivity contribution in [2.45, 2.75) is 0 Å². The summed E-state index contributed by atoms with van der Waals surface area (Å²) in [5.74, 6) is 2.37. The molecule has 0 atom stereocenters. The van der Waals surface area contributed by atoms with E-state index in [-0.39, 0.29) is 5.78 Å². The lowest BCUT2D eigenvalue weighted by Gasteiger charge is -2.18. The van der Waals surface area contributed by atoms with Crippen LogP contribution < -0.4 is 18.9 Å². The first kappa shape index (κ1) is 17.6. The zero-order valence-corrected chi connectivity index (χ0v) is 14.6. The third kappa shape index (κ3) is 4.06. The molecule has 1 aliphatic heterocycles. The van der Waals surface area contributed by atoms with Crippen LogP contribution in [0.2, 0.25) is 0 Å². The second kappa shape index (κ2) is 8.25. The highest BCUT2D eigenvalue weighted by molar-refractivity contribution is 6.07. The Labute approximate surface area is 152 Å². The summed E-state index contributed by atoms with van der Waals surface area (Å²) in [6.45, 7) is 5.03. The van der Waals surface area contributed by atoms with Gasteiger partial charge in [0.2, 0.25) is 0 Å². The lowest BCUT2D eigenvalue weighted by Crippen LogP contribution is -2.15. The van der Waals surface area contributed by atoms with E-state index in [4.69, 9.17) is 18.9 Å². The van der Waals surface area contributed by atoms with Crippen LogP contribution in [0.25, 0.3) is 6.08 Å². The van der Waals surface area contributed by atoms with Crippen LogP contribution in [0.5, 0.6) is 23.0 Å². The van der Waals surface area contributed by atoms with Gasteiger partial charge in [0.1, 0.15) is 19.8 Å². The minimum absolute atomic E-state index is 0.118. The number of hydrogen-bond donors (Lipinski definition) is 0. The fourth-order valence-corrected chi connectivity index (χ4v) is 2.52. The first-order chi connectivity index (χ1) is 12.7. The van der Waals surface area contributed by atoms with Crippen LogP contribution in [0.3, 0.4) is 0 Å². The smallest absolute Gasteiger partial charge is 0.185 e. The molecule has 5 heteroatoms. The molecule has 0 spiro atoms. The van der Waals surface area contributed by atoms with Gasteiger partial charge in [-0.2, -0.15) is 0 Å². The van der Waals surface area contributed by atoms with Gasteiger partial charge in [-0.05, 0) is 42.0 Å². The Balaban J connectivity index is 1.74. The molecule has 0 radical (unpaired) electrons. The molecular weight excluding hydrogens is 332 g/mol. The number of ether oxygens (including phenoxy) is 4. The Bertz CT molecular complexity index is 838.